The molecule has 1 fully saturated rings. The molecular weight excluding hydrogens is 282 g/mol. The van der Waals surface area contributed by atoms with Gasteiger partial charge < -0.3 is 20.3 Å². The molecule has 2 rings (SSSR count). The second kappa shape index (κ2) is 6.36. The lowest BCUT2D eigenvalue weighted by atomic mass is 10.1. The van der Waals surface area contributed by atoms with Crippen LogP contribution in [-0.4, -0.2) is 41.6 Å². The van der Waals surface area contributed by atoms with Crippen LogP contribution < -0.4 is 10.6 Å². The summed E-state index contributed by atoms with van der Waals surface area (Å²) in [5.41, 5.74) is 1.05. The summed E-state index contributed by atoms with van der Waals surface area (Å²) in [5, 5.41) is 5.56. The third kappa shape index (κ3) is 4.46. The van der Waals surface area contributed by atoms with E-state index in [1.807, 2.05) is 20.8 Å². The normalized spacial score (nSPS) is 20.4. The molecule has 0 radical (unpaired) electrons. The first-order valence-electron chi connectivity index (χ1n) is 7.36. The van der Waals surface area contributed by atoms with Gasteiger partial charge in [0.15, 0.2) is 0 Å². The molecule has 1 saturated heterocycles. The van der Waals surface area contributed by atoms with Gasteiger partial charge in [-0.25, -0.2) is 4.79 Å². The molecule has 22 heavy (non-hydrogen) atoms. The molecule has 3 amide bonds. The smallest absolute Gasteiger partial charge is 0.322 e. The van der Waals surface area contributed by atoms with Crippen LogP contribution in [0, 0.1) is 0 Å². The number of hydrogen-bond donors (Lipinski definition) is 2. The van der Waals surface area contributed by atoms with Gasteiger partial charge in [-0.05, 0) is 45.0 Å². The zero-order chi connectivity index (χ0) is 16.3. The Labute approximate surface area is 130 Å². The molecule has 0 saturated carbocycles. The Morgan fingerprint density at radius 2 is 1.73 bits per heavy atom. The number of carbonyl (C=O) groups is 2. The van der Waals surface area contributed by atoms with Crippen molar-refractivity contribution in [3.63, 3.8) is 0 Å². The minimum absolute atomic E-state index is 0.0108. The Balaban J connectivity index is 1.98. The van der Waals surface area contributed by atoms with E-state index < -0.39 is 0 Å². The molecule has 1 heterocycles. The first-order chi connectivity index (χ1) is 10.2. The van der Waals surface area contributed by atoms with Gasteiger partial charge in [0.2, 0.25) is 5.91 Å². The summed E-state index contributed by atoms with van der Waals surface area (Å²) in [6.45, 7) is 8.49. The fourth-order valence-electron chi connectivity index (χ4n) is 2.65. The van der Waals surface area contributed by atoms with E-state index in [-0.39, 0.29) is 23.6 Å². The molecule has 1 aromatic rings. The Morgan fingerprint density at radius 3 is 2.23 bits per heavy atom. The Bertz CT molecular complexity index is 554. The minimum Gasteiger partial charge on any atom is -0.369 e. The van der Waals surface area contributed by atoms with Crippen molar-refractivity contribution in [2.75, 3.05) is 23.7 Å². The summed E-state index contributed by atoms with van der Waals surface area (Å²) in [4.78, 5) is 25.1. The number of nitrogens with zero attached hydrogens (tertiary/aromatic N) is 1. The maximum absolute atomic E-state index is 12.4. The van der Waals surface area contributed by atoms with Crippen molar-refractivity contribution in [3.05, 3.63) is 24.3 Å². The van der Waals surface area contributed by atoms with Gasteiger partial charge in [-0.1, -0.05) is 0 Å². The van der Waals surface area contributed by atoms with Crippen LogP contribution in [0.2, 0.25) is 0 Å². The van der Waals surface area contributed by atoms with E-state index >= 15 is 0 Å². The van der Waals surface area contributed by atoms with Crippen molar-refractivity contribution >= 4 is 23.3 Å². The van der Waals surface area contributed by atoms with Crippen molar-refractivity contribution in [2.45, 2.75) is 39.4 Å². The summed E-state index contributed by atoms with van der Waals surface area (Å²) < 4.78 is 5.80. The highest BCUT2D eigenvalue weighted by molar-refractivity contribution is 5.91. The molecule has 120 valence electrons. The van der Waals surface area contributed by atoms with E-state index in [4.69, 9.17) is 4.74 Å². The van der Waals surface area contributed by atoms with E-state index in [1.54, 1.807) is 29.2 Å². The molecule has 1 aliphatic heterocycles. The van der Waals surface area contributed by atoms with Crippen molar-refractivity contribution in [3.8, 4) is 0 Å². The fourth-order valence-corrected chi connectivity index (χ4v) is 2.65. The van der Waals surface area contributed by atoms with Gasteiger partial charge >= 0.3 is 6.03 Å². The van der Waals surface area contributed by atoms with Crippen LogP contribution in [0.4, 0.5) is 16.2 Å². The number of ether oxygens (including phenoxy) is 1. The molecule has 2 N–H and O–H groups in total. The number of rotatable bonds is 2. The second-order valence-corrected chi connectivity index (χ2v) is 6.26. The van der Waals surface area contributed by atoms with Crippen LogP contribution in [0.25, 0.3) is 0 Å². The highest BCUT2D eigenvalue weighted by Crippen LogP contribution is 2.22. The highest BCUT2D eigenvalue weighted by Gasteiger charge is 2.33. The standard InChI is InChI=1S/C16H23N3O3/c1-11-9-19(10-16(3,4)22-11)15(21)18-14-7-5-13(6-8-14)17-12(2)20/h5-8,11H,9-10H2,1-4H3,(H,17,20)(H,18,21). The monoisotopic (exact) mass is 305 g/mol. The quantitative estimate of drug-likeness (QED) is 0.882. The first-order valence-corrected chi connectivity index (χ1v) is 7.36. The first kappa shape index (κ1) is 16.3. The zero-order valence-corrected chi connectivity index (χ0v) is 13.5. The maximum Gasteiger partial charge on any atom is 0.322 e. The van der Waals surface area contributed by atoms with Crippen molar-refractivity contribution in [2.24, 2.45) is 0 Å². The SMILES string of the molecule is CC(=O)Nc1ccc(NC(=O)N2CC(C)OC(C)(C)C2)cc1. The van der Waals surface area contributed by atoms with Crippen molar-refractivity contribution in [1.82, 2.24) is 4.90 Å². The lowest BCUT2D eigenvalue weighted by molar-refractivity contribution is -0.116. The van der Waals surface area contributed by atoms with E-state index in [9.17, 15) is 9.59 Å². The topological polar surface area (TPSA) is 70.7 Å². The number of hydrogen-bond acceptors (Lipinski definition) is 3. The van der Waals surface area contributed by atoms with E-state index in [0.29, 0.717) is 24.5 Å². The number of morpholine rings is 1. The van der Waals surface area contributed by atoms with Crippen LogP contribution in [-0.2, 0) is 9.53 Å². The molecule has 1 unspecified atom stereocenters. The van der Waals surface area contributed by atoms with Gasteiger partial charge in [0.05, 0.1) is 18.2 Å². The van der Waals surface area contributed by atoms with Crippen LogP contribution in [0.15, 0.2) is 24.3 Å². The molecule has 6 heteroatoms. The van der Waals surface area contributed by atoms with E-state index in [0.717, 1.165) is 0 Å². The molecular formula is C16H23N3O3. The van der Waals surface area contributed by atoms with Gasteiger partial charge in [-0.3, -0.25) is 4.79 Å². The molecule has 1 atom stereocenters. The lowest BCUT2D eigenvalue weighted by Gasteiger charge is -2.41. The molecule has 1 aliphatic rings. The third-order valence-corrected chi connectivity index (χ3v) is 3.31. The lowest BCUT2D eigenvalue weighted by Crippen LogP contribution is -2.54. The summed E-state index contributed by atoms with van der Waals surface area (Å²) in [5.74, 6) is -0.124. The fraction of sp³-hybridized carbons (Fsp3) is 0.500. The summed E-state index contributed by atoms with van der Waals surface area (Å²) in [7, 11) is 0. The number of urea groups is 1. The number of amides is 3. The highest BCUT2D eigenvalue weighted by atomic mass is 16.5. The van der Waals surface area contributed by atoms with Gasteiger partial charge in [0.25, 0.3) is 0 Å². The Kier molecular flexibility index (Phi) is 4.71. The average Bonchev–Trinajstić information content (AvgIpc) is 2.38. The number of nitrogens with one attached hydrogen (secondary N) is 2. The Hall–Kier alpha value is -2.08. The van der Waals surface area contributed by atoms with Gasteiger partial charge in [-0.15, -0.1) is 0 Å². The van der Waals surface area contributed by atoms with Crippen molar-refractivity contribution < 1.29 is 14.3 Å². The number of benzene rings is 1. The van der Waals surface area contributed by atoms with Crippen LogP contribution in [0.1, 0.15) is 27.7 Å². The summed E-state index contributed by atoms with van der Waals surface area (Å²) in [6, 6.07) is 6.89. The largest absolute Gasteiger partial charge is 0.369 e. The summed E-state index contributed by atoms with van der Waals surface area (Å²) in [6.07, 6.45) is 0.0108. The predicted molar refractivity (Wildman–Crippen MR) is 86.0 cm³/mol. The van der Waals surface area contributed by atoms with E-state index in [1.165, 1.54) is 6.92 Å². The van der Waals surface area contributed by atoms with Gasteiger partial charge in [0.1, 0.15) is 0 Å². The van der Waals surface area contributed by atoms with Gasteiger partial charge in [0, 0.05) is 24.8 Å². The van der Waals surface area contributed by atoms with Crippen LogP contribution in [0.5, 0.6) is 0 Å². The number of anilines is 2. The average molecular weight is 305 g/mol. The third-order valence-electron chi connectivity index (χ3n) is 3.31. The Morgan fingerprint density at radius 1 is 1.18 bits per heavy atom. The summed E-state index contributed by atoms with van der Waals surface area (Å²) >= 11 is 0. The molecule has 0 aromatic heterocycles. The second-order valence-electron chi connectivity index (χ2n) is 6.26. The van der Waals surface area contributed by atoms with E-state index in [2.05, 4.69) is 10.6 Å². The van der Waals surface area contributed by atoms with Crippen LogP contribution in [0.3, 0.4) is 0 Å². The predicted octanol–water partition coefficient (Wildman–Crippen LogP) is 2.68. The number of carbonyl (C=O) groups excluding carboxylic acids is 2. The molecule has 6 nitrogen and oxygen atoms in total. The molecule has 0 spiro atoms. The molecule has 1 aromatic carbocycles. The zero-order valence-electron chi connectivity index (χ0n) is 13.5. The maximum atomic E-state index is 12.4. The van der Waals surface area contributed by atoms with Gasteiger partial charge in [-0.2, -0.15) is 0 Å². The molecule has 0 aliphatic carbocycles. The molecule has 0 bridgehead atoms. The minimum atomic E-state index is -0.343. The van der Waals surface area contributed by atoms with Crippen molar-refractivity contribution in [1.29, 1.82) is 0 Å². The van der Waals surface area contributed by atoms with Crippen LogP contribution >= 0.6 is 0 Å².